The molecule has 3 nitrogen and oxygen atoms in total. The molecule has 0 radical (unpaired) electrons. The predicted molar refractivity (Wildman–Crippen MR) is 83.8 cm³/mol. The van der Waals surface area contributed by atoms with E-state index in [-0.39, 0.29) is 11.4 Å². The van der Waals surface area contributed by atoms with Gasteiger partial charge in [0.2, 0.25) is 0 Å². The van der Waals surface area contributed by atoms with Crippen molar-refractivity contribution >= 4 is 0 Å². The molecule has 2 N–H and O–H groups in total. The summed E-state index contributed by atoms with van der Waals surface area (Å²) in [6, 6.07) is 5.28. The summed E-state index contributed by atoms with van der Waals surface area (Å²) in [7, 11) is 0. The van der Waals surface area contributed by atoms with Crippen molar-refractivity contribution in [3.8, 4) is 0 Å². The van der Waals surface area contributed by atoms with Crippen LogP contribution >= 0.6 is 0 Å². The van der Waals surface area contributed by atoms with Crippen molar-refractivity contribution in [2.45, 2.75) is 31.7 Å². The molecule has 0 amide bonds. The van der Waals surface area contributed by atoms with Crippen LogP contribution in [0.3, 0.4) is 0 Å². The molecule has 1 heterocycles. The minimum absolute atomic E-state index is 0.0822. The first-order chi connectivity index (χ1) is 10.2. The van der Waals surface area contributed by atoms with E-state index in [2.05, 4.69) is 16.7 Å². The van der Waals surface area contributed by atoms with Gasteiger partial charge in [0.25, 0.3) is 0 Å². The molecule has 2 aliphatic rings. The highest BCUT2D eigenvalue weighted by molar-refractivity contribution is 5.37. The number of likely N-dealkylation sites (N-methyl/N-ethyl adjacent to an activating group) is 1. The molecule has 1 aliphatic carbocycles. The Balaban J connectivity index is 1.91. The number of hydrogen-bond acceptors (Lipinski definition) is 3. The molecule has 1 aromatic carbocycles. The lowest BCUT2D eigenvalue weighted by molar-refractivity contribution is 0.0241. The van der Waals surface area contributed by atoms with Gasteiger partial charge in [0, 0.05) is 32.7 Å². The Morgan fingerprint density at radius 1 is 1.24 bits per heavy atom. The predicted octanol–water partition coefficient (Wildman–Crippen LogP) is 1.95. The molecule has 21 heavy (non-hydrogen) atoms. The third kappa shape index (κ3) is 2.60. The number of piperazine rings is 1. The summed E-state index contributed by atoms with van der Waals surface area (Å²) in [5.41, 5.74) is 8.58. The molecular formula is C17H26FN3. The molecule has 1 fully saturated rings. The first kappa shape index (κ1) is 14.9. The van der Waals surface area contributed by atoms with Crippen LogP contribution in [0.5, 0.6) is 0 Å². The monoisotopic (exact) mass is 291 g/mol. The largest absolute Gasteiger partial charge is 0.328 e. The molecule has 1 saturated heterocycles. The summed E-state index contributed by atoms with van der Waals surface area (Å²) in [6.07, 6.45) is 3.17. The van der Waals surface area contributed by atoms with Crippen molar-refractivity contribution in [1.82, 2.24) is 9.80 Å². The lowest BCUT2D eigenvalue weighted by Gasteiger charge is -2.50. The van der Waals surface area contributed by atoms with Crippen LogP contribution < -0.4 is 5.73 Å². The SMILES string of the molecule is CCN1CCN(C2(CN)CCCc3cc(F)ccc32)CC1. The van der Waals surface area contributed by atoms with Crippen LogP contribution in [0.1, 0.15) is 30.9 Å². The van der Waals surface area contributed by atoms with Crippen molar-refractivity contribution in [2.75, 3.05) is 39.3 Å². The molecule has 1 aromatic rings. The fourth-order valence-electron chi connectivity index (χ4n) is 4.09. The van der Waals surface area contributed by atoms with Gasteiger partial charge in [-0.15, -0.1) is 0 Å². The van der Waals surface area contributed by atoms with Gasteiger partial charge in [-0.05, 0) is 49.1 Å². The number of aryl methyl sites for hydroxylation is 1. The summed E-state index contributed by atoms with van der Waals surface area (Å²) < 4.78 is 13.5. The maximum Gasteiger partial charge on any atom is 0.123 e. The van der Waals surface area contributed by atoms with E-state index in [9.17, 15) is 4.39 Å². The fourth-order valence-corrected chi connectivity index (χ4v) is 4.09. The van der Waals surface area contributed by atoms with Gasteiger partial charge in [-0.1, -0.05) is 13.0 Å². The number of nitrogens with zero attached hydrogens (tertiary/aromatic N) is 2. The number of benzene rings is 1. The van der Waals surface area contributed by atoms with Crippen molar-refractivity contribution in [3.05, 3.63) is 35.1 Å². The lowest BCUT2D eigenvalue weighted by atomic mass is 9.75. The van der Waals surface area contributed by atoms with Crippen LogP contribution in [-0.4, -0.2) is 49.1 Å². The Morgan fingerprint density at radius 3 is 2.67 bits per heavy atom. The molecule has 0 bridgehead atoms. The summed E-state index contributed by atoms with van der Waals surface area (Å²) in [6.45, 7) is 8.28. The second-order valence-corrected chi connectivity index (χ2v) is 6.31. The first-order valence-corrected chi connectivity index (χ1v) is 8.16. The first-order valence-electron chi connectivity index (χ1n) is 8.16. The zero-order valence-corrected chi connectivity index (χ0v) is 12.9. The van der Waals surface area contributed by atoms with Gasteiger partial charge in [0.1, 0.15) is 5.82 Å². The number of halogens is 1. The minimum atomic E-state index is -0.127. The zero-order valence-electron chi connectivity index (χ0n) is 12.9. The van der Waals surface area contributed by atoms with Gasteiger partial charge >= 0.3 is 0 Å². The molecule has 1 unspecified atom stereocenters. The van der Waals surface area contributed by atoms with E-state index in [0.717, 1.165) is 57.5 Å². The van der Waals surface area contributed by atoms with E-state index >= 15 is 0 Å². The Hall–Kier alpha value is -0.970. The van der Waals surface area contributed by atoms with Gasteiger partial charge in [-0.3, -0.25) is 4.90 Å². The van der Waals surface area contributed by atoms with E-state index in [0.29, 0.717) is 6.54 Å². The minimum Gasteiger partial charge on any atom is -0.328 e. The van der Waals surface area contributed by atoms with E-state index < -0.39 is 0 Å². The topological polar surface area (TPSA) is 32.5 Å². The molecule has 4 heteroatoms. The Kier molecular flexibility index (Phi) is 4.29. The highest BCUT2D eigenvalue weighted by Gasteiger charge is 2.41. The Labute approximate surface area is 126 Å². The third-order valence-electron chi connectivity index (χ3n) is 5.37. The van der Waals surface area contributed by atoms with Gasteiger partial charge in [-0.2, -0.15) is 0 Å². The standard InChI is InChI=1S/C17H26FN3/c1-2-20-8-10-21(11-9-20)17(13-19)7-3-4-14-12-15(18)5-6-16(14)17/h5-6,12H,2-4,7-11,13,19H2,1H3. The molecule has 3 rings (SSSR count). The third-order valence-corrected chi connectivity index (χ3v) is 5.37. The van der Waals surface area contributed by atoms with Gasteiger partial charge in [0.15, 0.2) is 0 Å². The van der Waals surface area contributed by atoms with Crippen molar-refractivity contribution in [2.24, 2.45) is 5.73 Å². The maximum atomic E-state index is 13.5. The van der Waals surface area contributed by atoms with Crippen LogP contribution in [0.25, 0.3) is 0 Å². The molecule has 0 aromatic heterocycles. The van der Waals surface area contributed by atoms with Crippen LogP contribution in [-0.2, 0) is 12.0 Å². The zero-order chi connectivity index (χ0) is 14.9. The highest BCUT2D eigenvalue weighted by Crippen LogP contribution is 2.40. The molecule has 1 aliphatic heterocycles. The molecule has 1 atom stereocenters. The van der Waals surface area contributed by atoms with Crippen molar-refractivity contribution in [1.29, 1.82) is 0 Å². The van der Waals surface area contributed by atoms with Crippen LogP contribution in [0, 0.1) is 5.82 Å². The van der Waals surface area contributed by atoms with E-state index in [4.69, 9.17) is 5.73 Å². The summed E-state index contributed by atoms with van der Waals surface area (Å²) >= 11 is 0. The second-order valence-electron chi connectivity index (χ2n) is 6.31. The van der Waals surface area contributed by atoms with E-state index in [1.54, 1.807) is 12.1 Å². The number of fused-ring (bicyclic) bond motifs is 1. The van der Waals surface area contributed by atoms with Crippen LogP contribution in [0.4, 0.5) is 4.39 Å². The number of rotatable bonds is 3. The van der Waals surface area contributed by atoms with Crippen LogP contribution in [0.2, 0.25) is 0 Å². The summed E-state index contributed by atoms with van der Waals surface area (Å²) in [4.78, 5) is 5.03. The second kappa shape index (κ2) is 6.03. The Bertz CT molecular complexity index is 497. The molecule has 0 spiro atoms. The maximum absolute atomic E-state index is 13.5. The van der Waals surface area contributed by atoms with Crippen molar-refractivity contribution in [3.63, 3.8) is 0 Å². The van der Waals surface area contributed by atoms with Gasteiger partial charge < -0.3 is 10.6 Å². The molecule has 0 saturated carbocycles. The van der Waals surface area contributed by atoms with Crippen LogP contribution in [0.15, 0.2) is 18.2 Å². The number of hydrogen-bond donors (Lipinski definition) is 1. The average molecular weight is 291 g/mol. The van der Waals surface area contributed by atoms with Gasteiger partial charge in [-0.25, -0.2) is 4.39 Å². The Morgan fingerprint density at radius 2 is 2.00 bits per heavy atom. The number of nitrogens with two attached hydrogens (primary N) is 1. The molecular weight excluding hydrogens is 265 g/mol. The highest BCUT2D eigenvalue weighted by atomic mass is 19.1. The van der Waals surface area contributed by atoms with E-state index in [1.165, 1.54) is 5.56 Å². The quantitative estimate of drug-likeness (QED) is 0.924. The lowest BCUT2D eigenvalue weighted by Crippen LogP contribution is -2.59. The summed E-state index contributed by atoms with van der Waals surface area (Å²) in [5, 5.41) is 0. The van der Waals surface area contributed by atoms with Gasteiger partial charge in [0.05, 0.1) is 5.54 Å². The fraction of sp³-hybridized carbons (Fsp3) is 0.647. The van der Waals surface area contributed by atoms with Crippen molar-refractivity contribution < 1.29 is 4.39 Å². The normalized spacial score (nSPS) is 27.6. The average Bonchev–Trinajstić information content (AvgIpc) is 2.54. The molecule has 116 valence electrons. The smallest absolute Gasteiger partial charge is 0.123 e. The summed E-state index contributed by atoms with van der Waals surface area (Å²) in [5.74, 6) is -0.127. The van der Waals surface area contributed by atoms with E-state index in [1.807, 2.05) is 6.07 Å².